The summed E-state index contributed by atoms with van der Waals surface area (Å²) in [6.07, 6.45) is 0. The monoisotopic (exact) mass is 163 g/mol. The molecule has 1 aromatic heterocycles. The maximum atomic E-state index is 11.2. The standard InChI is InChI=1S/C8H9N3O/c1-4-5(2)10-7-6(4)3-9-11-8(7)12/h10H,3H2,1-2H3. The summed E-state index contributed by atoms with van der Waals surface area (Å²) in [7, 11) is 0. The van der Waals surface area contributed by atoms with Crippen LogP contribution < -0.4 is 0 Å². The molecule has 4 nitrogen and oxygen atoms in total. The Balaban J connectivity index is 2.65. The lowest BCUT2D eigenvalue weighted by Crippen LogP contribution is -2.03. The molecule has 0 saturated heterocycles. The summed E-state index contributed by atoms with van der Waals surface area (Å²) in [5, 5.41) is 7.21. The minimum absolute atomic E-state index is 0.257. The molecule has 0 atom stereocenters. The van der Waals surface area contributed by atoms with Crippen LogP contribution in [0.2, 0.25) is 0 Å². The number of H-pyrrole nitrogens is 1. The van der Waals surface area contributed by atoms with Gasteiger partial charge in [-0.2, -0.15) is 5.11 Å². The third-order valence-corrected chi connectivity index (χ3v) is 2.23. The largest absolute Gasteiger partial charge is 0.354 e. The lowest BCUT2D eigenvalue weighted by Gasteiger charge is -2.01. The Morgan fingerprint density at radius 2 is 2.17 bits per heavy atom. The second-order valence-electron chi connectivity index (χ2n) is 2.93. The van der Waals surface area contributed by atoms with Gasteiger partial charge >= 0.3 is 5.91 Å². The second-order valence-corrected chi connectivity index (χ2v) is 2.93. The van der Waals surface area contributed by atoms with E-state index >= 15 is 0 Å². The molecule has 1 N–H and O–H groups in total. The minimum atomic E-state index is -0.257. The summed E-state index contributed by atoms with van der Waals surface area (Å²) >= 11 is 0. The van der Waals surface area contributed by atoms with E-state index in [1.165, 1.54) is 0 Å². The number of hydrogen-bond donors (Lipinski definition) is 1. The molecule has 4 heteroatoms. The SMILES string of the molecule is Cc1[nH]c2c(c1C)CN=NC2=O. The van der Waals surface area contributed by atoms with E-state index < -0.39 is 0 Å². The van der Waals surface area contributed by atoms with Crippen LogP contribution in [0.25, 0.3) is 0 Å². The molecule has 1 aliphatic rings. The predicted octanol–water partition coefficient (Wildman–Crippen LogP) is 1.74. The van der Waals surface area contributed by atoms with Crippen LogP contribution in [-0.4, -0.2) is 10.9 Å². The molecular formula is C8H9N3O. The first-order valence-electron chi connectivity index (χ1n) is 3.80. The van der Waals surface area contributed by atoms with Crippen LogP contribution in [-0.2, 0) is 6.54 Å². The fourth-order valence-electron chi connectivity index (χ4n) is 1.37. The van der Waals surface area contributed by atoms with E-state index in [9.17, 15) is 4.79 Å². The molecule has 0 fully saturated rings. The molecule has 0 aromatic carbocycles. The van der Waals surface area contributed by atoms with Crippen molar-refractivity contribution in [2.75, 3.05) is 0 Å². The topological polar surface area (TPSA) is 57.6 Å². The molecule has 0 radical (unpaired) electrons. The zero-order chi connectivity index (χ0) is 8.72. The Bertz CT molecular complexity index is 376. The van der Waals surface area contributed by atoms with Crippen LogP contribution in [0.1, 0.15) is 27.3 Å². The van der Waals surface area contributed by atoms with Crippen molar-refractivity contribution in [1.29, 1.82) is 0 Å². The lowest BCUT2D eigenvalue weighted by atomic mass is 10.1. The molecular weight excluding hydrogens is 154 g/mol. The molecule has 62 valence electrons. The Morgan fingerprint density at radius 1 is 1.42 bits per heavy atom. The van der Waals surface area contributed by atoms with E-state index in [1.54, 1.807) is 0 Å². The van der Waals surface area contributed by atoms with E-state index in [0.29, 0.717) is 12.2 Å². The Hall–Kier alpha value is -1.45. The summed E-state index contributed by atoms with van der Waals surface area (Å²) in [4.78, 5) is 14.2. The van der Waals surface area contributed by atoms with Crippen LogP contribution in [0.4, 0.5) is 0 Å². The zero-order valence-electron chi connectivity index (χ0n) is 7.01. The Labute approximate surface area is 69.7 Å². The van der Waals surface area contributed by atoms with Gasteiger partial charge in [0.05, 0.1) is 6.54 Å². The molecule has 1 aliphatic heterocycles. The van der Waals surface area contributed by atoms with Crippen molar-refractivity contribution in [2.24, 2.45) is 10.2 Å². The van der Waals surface area contributed by atoms with E-state index in [4.69, 9.17) is 0 Å². The van der Waals surface area contributed by atoms with Gasteiger partial charge in [0.15, 0.2) is 0 Å². The molecule has 0 bridgehead atoms. The van der Waals surface area contributed by atoms with E-state index in [1.807, 2.05) is 13.8 Å². The summed E-state index contributed by atoms with van der Waals surface area (Å²) < 4.78 is 0. The third kappa shape index (κ3) is 0.809. The molecule has 1 amide bonds. The molecule has 2 heterocycles. The van der Waals surface area contributed by atoms with Gasteiger partial charge in [-0.3, -0.25) is 4.79 Å². The second kappa shape index (κ2) is 2.27. The number of aromatic nitrogens is 1. The number of nitrogens with zero attached hydrogens (tertiary/aromatic N) is 2. The molecule has 1 aromatic rings. The molecule has 0 aliphatic carbocycles. The zero-order valence-corrected chi connectivity index (χ0v) is 7.01. The molecule has 0 saturated carbocycles. The smallest absolute Gasteiger partial charge is 0.311 e. The molecule has 2 rings (SSSR count). The number of nitrogens with one attached hydrogen (secondary N) is 1. The molecule has 0 spiro atoms. The van der Waals surface area contributed by atoms with Gasteiger partial charge in [-0.05, 0) is 19.4 Å². The van der Waals surface area contributed by atoms with Gasteiger partial charge in [-0.25, -0.2) is 0 Å². The number of fused-ring (bicyclic) bond motifs is 1. The molecule has 12 heavy (non-hydrogen) atoms. The van der Waals surface area contributed by atoms with Crippen molar-refractivity contribution in [3.8, 4) is 0 Å². The summed E-state index contributed by atoms with van der Waals surface area (Å²) in [6, 6.07) is 0. The quantitative estimate of drug-likeness (QED) is 0.622. The molecule has 0 unspecified atom stereocenters. The number of aryl methyl sites for hydroxylation is 1. The highest BCUT2D eigenvalue weighted by molar-refractivity contribution is 5.95. The fraction of sp³-hybridized carbons (Fsp3) is 0.375. The van der Waals surface area contributed by atoms with E-state index in [0.717, 1.165) is 16.8 Å². The van der Waals surface area contributed by atoms with Crippen LogP contribution in [0.3, 0.4) is 0 Å². The van der Waals surface area contributed by atoms with Crippen LogP contribution in [0, 0.1) is 13.8 Å². The minimum Gasteiger partial charge on any atom is -0.354 e. The average molecular weight is 163 g/mol. The summed E-state index contributed by atoms with van der Waals surface area (Å²) in [5.74, 6) is -0.257. The highest BCUT2D eigenvalue weighted by Gasteiger charge is 2.20. The number of rotatable bonds is 0. The summed E-state index contributed by atoms with van der Waals surface area (Å²) in [5.41, 5.74) is 3.75. The van der Waals surface area contributed by atoms with Crippen molar-refractivity contribution in [3.05, 3.63) is 22.5 Å². The highest BCUT2D eigenvalue weighted by atomic mass is 16.2. The van der Waals surface area contributed by atoms with Gasteiger partial charge in [-0.15, -0.1) is 5.11 Å². The maximum absolute atomic E-state index is 11.2. The van der Waals surface area contributed by atoms with E-state index in [2.05, 4.69) is 15.2 Å². The average Bonchev–Trinajstić information content (AvgIpc) is 2.32. The van der Waals surface area contributed by atoms with Gasteiger partial charge in [0.1, 0.15) is 5.69 Å². The maximum Gasteiger partial charge on any atom is 0.311 e. The van der Waals surface area contributed by atoms with Gasteiger partial charge in [0.2, 0.25) is 0 Å². The first kappa shape index (κ1) is 7.21. The van der Waals surface area contributed by atoms with Crippen LogP contribution >= 0.6 is 0 Å². The number of carbonyl (C=O) groups is 1. The van der Waals surface area contributed by atoms with Crippen molar-refractivity contribution >= 4 is 5.91 Å². The van der Waals surface area contributed by atoms with Crippen LogP contribution in [0.15, 0.2) is 10.2 Å². The fourth-order valence-corrected chi connectivity index (χ4v) is 1.37. The first-order valence-corrected chi connectivity index (χ1v) is 3.80. The Morgan fingerprint density at radius 3 is 2.83 bits per heavy atom. The Kier molecular flexibility index (Phi) is 1.36. The number of amides is 1. The number of carbonyl (C=O) groups excluding carboxylic acids is 1. The van der Waals surface area contributed by atoms with Crippen LogP contribution in [0.5, 0.6) is 0 Å². The number of azo groups is 1. The summed E-state index contributed by atoms with van der Waals surface area (Å²) in [6.45, 7) is 4.46. The lowest BCUT2D eigenvalue weighted by molar-refractivity contribution is 0.0983. The van der Waals surface area contributed by atoms with Gasteiger partial charge in [-0.1, -0.05) is 0 Å². The predicted molar refractivity (Wildman–Crippen MR) is 43.2 cm³/mol. The highest BCUT2D eigenvalue weighted by Crippen LogP contribution is 2.22. The van der Waals surface area contributed by atoms with Gasteiger partial charge in [0, 0.05) is 11.3 Å². The van der Waals surface area contributed by atoms with Gasteiger partial charge < -0.3 is 4.98 Å². The third-order valence-electron chi connectivity index (χ3n) is 2.23. The van der Waals surface area contributed by atoms with E-state index in [-0.39, 0.29) is 5.91 Å². The first-order chi connectivity index (χ1) is 5.70. The number of hydrogen-bond acceptors (Lipinski definition) is 2. The van der Waals surface area contributed by atoms with Crippen molar-refractivity contribution in [3.63, 3.8) is 0 Å². The van der Waals surface area contributed by atoms with Gasteiger partial charge in [0.25, 0.3) is 0 Å². The van der Waals surface area contributed by atoms with Crippen molar-refractivity contribution in [2.45, 2.75) is 20.4 Å². The van der Waals surface area contributed by atoms with Crippen molar-refractivity contribution in [1.82, 2.24) is 4.98 Å². The number of aromatic amines is 1. The van der Waals surface area contributed by atoms with Crippen molar-refractivity contribution < 1.29 is 4.79 Å². The normalized spacial score (nSPS) is 15.0.